The van der Waals surface area contributed by atoms with Crippen molar-refractivity contribution in [2.75, 3.05) is 49.3 Å². The first kappa shape index (κ1) is 53.0. The fourth-order valence-corrected chi connectivity index (χ4v) is 10.5. The Morgan fingerprint density at radius 3 is 1.68 bits per heavy atom. The molecule has 6 aliphatic heterocycles. The highest BCUT2D eigenvalue weighted by molar-refractivity contribution is 6.06. The smallest absolute Gasteiger partial charge is 0.416 e. The molecule has 0 aromatic heterocycles. The van der Waals surface area contributed by atoms with Crippen molar-refractivity contribution in [3.63, 3.8) is 0 Å². The molecule has 0 aliphatic carbocycles. The fourth-order valence-electron chi connectivity index (χ4n) is 10.5. The molecule has 0 radical (unpaired) electrons. The molecule has 3 aromatic carbocycles. The Balaban J connectivity index is 0.000000204. The first-order chi connectivity index (χ1) is 35.4. The summed E-state index contributed by atoms with van der Waals surface area (Å²) < 4.78 is 41.9. The van der Waals surface area contributed by atoms with Crippen LogP contribution in [0.2, 0.25) is 0 Å². The molecule has 4 saturated heterocycles. The lowest BCUT2D eigenvalue weighted by atomic mass is 10.00. The summed E-state index contributed by atoms with van der Waals surface area (Å²) in [4.78, 5) is 72.6. The van der Waals surface area contributed by atoms with Crippen LogP contribution < -0.4 is 14.5 Å². The Bertz CT molecular complexity index is 2500. The number of carbonyl (C=O) groups excluding carboxylic acids is 5. The molecule has 6 atom stereocenters. The molecule has 0 spiro atoms. The second kappa shape index (κ2) is 24.6. The van der Waals surface area contributed by atoms with Gasteiger partial charge in [-0.3, -0.25) is 14.4 Å². The van der Waals surface area contributed by atoms with Crippen LogP contribution in [-0.4, -0.2) is 121 Å². The minimum atomic E-state index is -0.797. The van der Waals surface area contributed by atoms with E-state index in [1.807, 2.05) is 36.1 Å². The number of Topliss-reactive ketones (excluding diaryl/α,β-unsaturated/α-hetero) is 1. The highest BCUT2D eigenvalue weighted by Crippen LogP contribution is 2.42. The number of anilines is 2. The number of benzene rings is 3. The zero-order valence-corrected chi connectivity index (χ0v) is 42.4. The van der Waals surface area contributed by atoms with Crippen molar-refractivity contribution >= 4 is 41.2 Å². The van der Waals surface area contributed by atoms with Gasteiger partial charge in [-0.05, 0) is 132 Å². The minimum Gasteiger partial charge on any atom is -0.508 e. The molecule has 4 unspecified atom stereocenters. The van der Waals surface area contributed by atoms with Crippen LogP contribution in [0.5, 0.6) is 11.5 Å². The molecule has 4 fully saturated rings. The van der Waals surface area contributed by atoms with E-state index in [4.69, 9.17) is 33.2 Å². The van der Waals surface area contributed by atoms with Gasteiger partial charge < -0.3 is 48.1 Å². The number of phenolic OH excluding ortho intramolecular Hbond substituents is 1. The van der Waals surface area contributed by atoms with E-state index in [9.17, 15) is 29.1 Å². The number of hydrogen-bond acceptors (Lipinski definition) is 13. The normalized spacial score (nSPS) is 23.7. The average molecular weight is 1010 g/mol. The number of rotatable bonds is 13. The van der Waals surface area contributed by atoms with Gasteiger partial charge in [0.15, 0.2) is 25.0 Å². The van der Waals surface area contributed by atoms with Crippen molar-refractivity contribution in [3.05, 3.63) is 107 Å². The molecule has 4 amide bonds. The lowest BCUT2D eigenvalue weighted by Crippen LogP contribution is -2.57. The lowest BCUT2D eigenvalue weighted by molar-refractivity contribution is -0.199. The number of aryl methyl sites for hydroxylation is 2. The zero-order valence-electron chi connectivity index (χ0n) is 42.4. The molecule has 73 heavy (non-hydrogen) atoms. The number of carbonyl (C=O) groups is 5. The van der Waals surface area contributed by atoms with Crippen molar-refractivity contribution in [2.24, 2.45) is 0 Å². The molecule has 17 heteroatoms. The van der Waals surface area contributed by atoms with E-state index >= 15 is 0 Å². The third kappa shape index (κ3) is 12.4. The van der Waals surface area contributed by atoms with E-state index in [1.165, 1.54) is 28.0 Å². The maximum atomic E-state index is 14.0. The number of hydrogen-bond donors (Lipinski definition) is 1. The molecule has 0 saturated carbocycles. The van der Waals surface area contributed by atoms with E-state index in [-0.39, 0.29) is 60.9 Å². The molecule has 3 aromatic rings. The van der Waals surface area contributed by atoms with Crippen LogP contribution in [0.4, 0.5) is 21.0 Å². The Labute approximate surface area is 427 Å². The van der Waals surface area contributed by atoms with E-state index in [0.29, 0.717) is 80.1 Å². The van der Waals surface area contributed by atoms with Crippen LogP contribution in [0.3, 0.4) is 0 Å². The number of amides is 4. The molecule has 6 heterocycles. The summed E-state index contributed by atoms with van der Waals surface area (Å²) in [6.07, 6.45) is 9.89. The van der Waals surface area contributed by atoms with Gasteiger partial charge in [0.1, 0.15) is 37.1 Å². The predicted octanol–water partition coefficient (Wildman–Crippen LogP) is 9.42. The summed E-state index contributed by atoms with van der Waals surface area (Å²) in [6.45, 7) is 15.1. The number of nitrogens with zero attached hydrogens (tertiary/aromatic N) is 4. The Hall–Kier alpha value is -6.27. The standard InChI is InChI=1S/C33H40N2O7.C23H30N2O6/c1-4-15-40-33(38)35-28-20-29(41-21-25-11-9-10-24(19-25)18-23(3)36)22(2)17-26(28)31(37)34-14-7-5-12-27(34)32(35)42-30-13-6-8-16-39-30;1-3-11-30-23(28)25-18-14-19(26)15(2)13-16(18)21(27)24-10-6-4-8-17(24)22(25)31-20-9-5-7-12-29-20/h4,9-11,17,19-20,27,30,32H,1,5-8,12-16,18,21H2,2-3H3;3,13-14,17,20,22,26H,1,4-12H2,2H3/t27-,30?,32?;17-,20?,22?/m00/s1. The van der Waals surface area contributed by atoms with Gasteiger partial charge in [-0.15, -0.1) is 0 Å². The van der Waals surface area contributed by atoms with Gasteiger partial charge >= 0.3 is 12.2 Å². The van der Waals surface area contributed by atoms with Gasteiger partial charge in [0.05, 0.1) is 34.6 Å². The first-order valence-corrected chi connectivity index (χ1v) is 25.8. The van der Waals surface area contributed by atoms with Crippen molar-refractivity contribution < 1.29 is 62.2 Å². The van der Waals surface area contributed by atoms with E-state index in [1.54, 1.807) is 36.9 Å². The fraction of sp³-hybridized carbons (Fsp3) is 0.518. The SMILES string of the molecule is C=CCOC(=O)N1c2cc(O)c(C)cc2C(=O)N2CCCC[C@H]2C1OC1CCCCO1.C=CCOC(=O)N1c2cc(OCc3cccc(CC(C)=O)c3)c(C)cc2C(=O)N2CCCC[C@H]2C1OC1CCCCO1. The van der Waals surface area contributed by atoms with Crippen LogP contribution in [0.25, 0.3) is 0 Å². The van der Waals surface area contributed by atoms with Gasteiger partial charge in [0.2, 0.25) is 0 Å². The van der Waals surface area contributed by atoms with Crippen LogP contribution in [0, 0.1) is 13.8 Å². The van der Waals surface area contributed by atoms with Crippen LogP contribution >= 0.6 is 0 Å². The number of ketones is 1. The first-order valence-electron chi connectivity index (χ1n) is 25.8. The largest absolute Gasteiger partial charge is 0.508 e. The Kier molecular flexibility index (Phi) is 17.9. The van der Waals surface area contributed by atoms with Crippen LogP contribution in [0.15, 0.2) is 73.8 Å². The number of fused-ring (bicyclic) bond motifs is 4. The highest BCUT2D eigenvalue weighted by Gasteiger charge is 2.48. The van der Waals surface area contributed by atoms with Crippen molar-refractivity contribution in [1.29, 1.82) is 0 Å². The Morgan fingerprint density at radius 2 is 1.18 bits per heavy atom. The van der Waals surface area contributed by atoms with Crippen molar-refractivity contribution in [1.82, 2.24) is 9.80 Å². The summed E-state index contributed by atoms with van der Waals surface area (Å²) in [5.74, 6) is 0.320. The van der Waals surface area contributed by atoms with Crippen LogP contribution in [0.1, 0.15) is 127 Å². The zero-order chi connectivity index (χ0) is 51.6. The van der Waals surface area contributed by atoms with Gasteiger partial charge in [0, 0.05) is 44.9 Å². The minimum absolute atomic E-state index is 0.000564. The highest BCUT2D eigenvalue weighted by atomic mass is 16.7. The van der Waals surface area contributed by atoms with E-state index < -0.39 is 37.2 Å². The second-order valence-electron chi connectivity index (χ2n) is 19.5. The quantitative estimate of drug-likeness (QED) is 0.160. The monoisotopic (exact) mass is 1010 g/mol. The van der Waals surface area contributed by atoms with Gasteiger partial charge in [0.25, 0.3) is 11.8 Å². The van der Waals surface area contributed by atoms with E-state index in [2.05, 4.69) is 13.2 Å². The Morgan fingerprint density at radius 1 is 0.671 bits per heavy atom. The molecule has 6 aliphatic rings. The summed E-state index contributed by atoms with van der Waals surface area (Å²) in [7, 11) is 0. The second-order valence-corrected chi connectivity index (χ2v) is 19.5. The number of aromatic hydroxyl groups is 1. The number of piperidine rings is 2. The van der Waals surface area contributed by atoms with Crippen molar-refractivity contribution in [2.45, 2.75) is 148 Å². The maximum Gasteiger partial charge on any atom is 0.416 e. The summed E-state index contributed by atoms with van der Waals surface area (Å²) in [5.41, 5.74) is 4.60. The predicted molar refractivity (Wildman–Crippen MR) is 272 cm³/mol. The summed E-state index contributed by atoms with van der Waals surface area (Å²) in [5, 5.41) is 10.4. The number of phenols is 1. The van der Waals surface area contributed by atoms with Crippen molar-refractivity contribution in [3.8, 4) is 11.5 Å². The van der Waals surface area contributed by atoms with Crippen LogP contribution in [-0.2, 0) is 46.2 Å². The average Bonchev–Trinajstić information content (AvgIpc) is 3.55. The summed E-state index contributed by atoms with van der Waals surface area (Å²) >= 11 is 0. The third-order valence-electron chi connectivity index (χ3n) is 14.1. The molecule has 392 valence electrons. The van der Waals surface area contributed by atoms with Gasteiger partial charge in [-0.25, -0.2) is 19.4 Å². The molecule has 1 N–H and O–H groups in total. The number of ether oxygens (including phenoxy) is 7. The molecular formula is C56H70N4O13. The summed E-state index contributed by atoms with van der Waals surface area (Å²) in [6, 6.07) is 13.6. The topological polar surface area (TPSA) is 183 Å². The van der Waals surface area contributed by atoms with E-state index in [0.717, 1.165) is 74.5 Å². The lowest BCUT2D eigenvalue weighted by Gasteiger charge is -2.42. The third-order valence-corrected chi connectivity index (χ3v) is 14.1. The van der Waals surface area contributed by atoms with Gasteiger partial charge in [-0.2, -0.15) is 0 Å². The van der Waals surface area contributed by atoms with Gasteiger partial charge in [-0.1, -0.05) is 49.6 Å². The maximum absolute atomic E-state index is 14.0. The molecule has 9 rings (SSSR count). The molecule has 0 bridgehead atoms. The molecular weight excluding hydrogens is 937 g/mol. The molecule has 17 nitrogen and oxygen atoms in total.